The third-order valence-corrected chi connectivity index (χ3v) is 3.51. The Labute approximate surface area is 160 Å². The largest absolute Gasteiger partial charge is 0.452 e. The normalized spacial score (nSPS) is 11.2. The van der Waals surface area contributed by atoms with Crippen LogP contribution in [0, 0.1) is 0 Å². The number of hydrogen-bond donors (Lipinski definition) is 1. The van der Waals surface area contributed by atoms with Gasteiger partial charge in [-0.05, 0) is 36.4 Å². The van der Waals surface area contributed by atoms with Gasteiger partial charge in [0.25, 0.3) is 5.91 Å². The number of carbonyl (C=O) groups excluding carboxylic acids is 2. The molecule has 2 aromatic rings. The fourth-order valence-electron chi connectivity index (χ4n) is 2.03. The second kappa shape index (κ2) is 8.87. The van der Waals surface area contributed by atoms with Gasteiger partial charge in [-0.25, -0.2) is 4.79 Å². The van der Waals surface area contributed by atoms with Gasteiger partial charge in [0.05, 0.1) is 16.1 Å². The zero-order valence-corrected chi connectivity index (χ0v) is 14.5. The molecule has 0 saturated heterocycles. The fraction of sp³-hybridized carbons (Fsp3) is 0.176. The van der Waals surface area contributed by atoms with E-state index in [1.54, 1.807) is 0 Å². The maximum absolute atomic E-state index is 12.8. The number of amides is 1. The number of rotatable bonds is 6. The van der Waals surface area contributed by atoms with Gasteiger partial charge in [0.1, 0.15) is 5.75 Å². The lowest BCUT2D eigenvalue weighted by Gasteiger charge is -2.12. The van der Waals surface area contributed by atoms with Crippen LogP contribution in [0.4, 0.5) is 27.6 Å². The van der Waals surface area contributed by atoms with E-state index in [2.05, 4.69) is 10.1 Å². The van der Waals surface area contributed by atoms with E-state index >= 15 is 0 Å². The highest BCUT2D eigenvalue weighted by atomic mass is 35.5. The van der Waals surface area contributed by atoms with Gasteiger partial charge in [0.2, 0.25) is 0 Å². The average molecular weight is 424 g/mol. The predicted molar refractivity (Wildman–Crippen MR) is 88.4 cm³/mol. The van der Waals surface area contributed by atoms with E-state index in [-0.39, 0.29) is 17.0 Å². The first kappa shape index (κ1) is 21.4. The van der Waals surface area contributed by atoms with Gasteiger partial charge in [-0.3, -0.25) is 4.79 Å². The monoisotopic (exact) mass is 423 g/mol. The van der Waals surface area contributed by atoms with Crippen LogP contribution in [0.5, 0.6) is 5.75 Å². The molecule has 0 unspecified atom stereocenters. The van der Waals surface area contributed by atoms with Crippen LogP contribution in [0.1, 0.15) is 15.9 Å². The third kappa shape index (κ3) is 6.08. The molecule has 11 heteroatoms. The van der Waals surface area contributed by atoms with Crippen molar-refractivity contribution >= 4 is 29.2 Å². The lowest BCUT2D eigenvalue weighted by Crippen LogP contribution is -2.21. The summed E-state index contributed by atoms with van der Waals surface area (Å²) < 4.78 is 71.6. The SMILES string of the molecule is O=C(COC(=O)c1cccc(OC(F)F)c1)Nc1ccc(Cl)c(C(F)(F)F)c1. The summed E-state index contributed by atoms with van der Waals surface area (Å²) in [6.07, 6.45) is -4.71. The highest BCUT2D eigenvalue weighted by molar-refractivity contribution is 6.31. The highest BCUT2D eigenvalue weighted by Gasteiger charge is 2.33. The molecule has 1 amide bonds. The molecule has 0 aliphatic carbocycles. The maximum atomic E-state index is 12.8. The second-order valence-electron chi connectivity index (χ2n) is 5.22. The van der Waals surface area contributed by atoms with Crippen LogP contribution in [-0.4, -0.2) is 25.1 Å². The number of alkyl halides is 5. The van der Waals surface area contributed by atoms with Crippen molar-refractivity contribution in [3.8, 4) is 5.75 Å². The van der Waals surface area contributed by atoms with Crippen molar-refractivity contribution in [2.75, 3.05) is 11.9 Å². The van der Waals surface area contributed by atoms with Crippen molar-refractivity contribution in [2.24, 2.45) is 0 Å². The minimum atomic E-state index is -4.71. The van der Waals surface area contributed by atoms with E-state index in [0.29, 0.717) is 6.07 Å². The molecule has 0 atom stereocenters. The molecule has 0 radical (unpaired) electrons. The number of carbonyl (C=O) groups is 2. The summed E-state index contributed by atoms with van der Waals surface area (Å²) in [7, 11) is 0. The second-order valence-corrected chi connectivity index (χ2v) is 5.63. The maximum Gasteiger partial charge on any atom is 0.417 e. The molecule has 28 heavy (non-hydrogen) atoms. The summed E-state index contributed by atoms with van der Waals surface area (Å²) in [6, 6.07) is 7.42. The van der Waals surface area contributed by atoms with Crippen LogP contribution in [0.25, 0.3) is 0 Å². The number of esters is 1. The molecule has 0 spiro atoms. The molecule has 1 N–H and O–H groups in total. The Kier molecular flexibility index (Phi) is 6.79. The van der Waals surface area contributed by atoms with E-state index in [0.717, 1.165) is 18.2 Å². The topological polar surface area (TPSA) is 64.6 Å². The Morgan fingerprint density at radius 2 is 1.82 bits per heavy atom. The number of hydrogen-bond acceptors (Lipinski definition) is 4. The molecule has 0 aliphatic rings. The summed E-state index contributed by atoms with van der Waals surface area (Å²) in [4.78, 5) is 23.6. The Morgan fingerprint density at radius 3 is 2.46 bits per heavy atom. The minimum Gasteiger partial charge on any atom is -0.452 e. The minimum absolute atomic E-state index is 0.156. The summed E-state index contributed by atoms with van der Waals surface area (Å²) in [5, 5.41) is 1.59. The van der Waals surface area contributed by atoms with Crippen molar-refractivity contribution in [2.45, 2.75) is 12.8 Å². The van der Waals surface area contributed by atoms with Crippen molar-refractivity contribution in [3.05, 3.63) is 58.6 Å². The molecule has 0 aliphatic heterocycles. The van der Waals surface area contributed by atoms with Crippen LogP contribution < -0.4 is 10.1 Å². The Balaban J connectivity index is 1.97. The lowest BCUT2D eigenvalue weighted by atomic mass is 10.2. The number of nitrogens with one attached hydrogen (secondary N) is 1. The number of anilines is 1. The zero-order valence-electron chi connectivity index (χ0n) is 13.7. The summed E-state index contributed by atoms with van der Waals surface area (Å²) in [5.74, 6) is -2.21. The van der Waals surface area contributed by atoms with Crippen LogP contribution >= 0.6 is 11.6 Å². The van der Waals surface area contributed by atoms with E-state index in [9.17, 15) is 31.5 Å². The van der Waals surface area contributed by atoms with Crippen LogP contribution in [-0.2, 0) is 15.7 Å². The molecule has 0 fully saturated rings. The predicted octanol–water partition coefficient (Wildman–Crippen LogP) is 4.76. The average Bonchev–Trinajstić information content (AvgIpc) is 2.60. The smallest absolute Gasteiger partial charge is 0.417 e. The summed E-state index contributed by atoms with van der Waals surface area (Å²) in [6.45, 7) is -3.90. The van der Waals surface area contributed by atoms with Gasteiger partial charge >= 0.3 is 18.8 Å². The first-order valence-corrected chi connectivity index (χ1v) is 7.82. The molecule has 150 valence electrons. The highest BCUT2D eigenvalue weighted by Crippen LogP contribution is 2.36. The van der Waals surface area contributed by atoms with Crippen molar-refractivity contribution in [1.82, 2.24) is 0 Å². The molecule has 0 aromatic heterocycles. The van der Waals surface area contributed by atoms with Crippen molar-refractivity contribution in [3.63, 3.8) is 0 Å². The van der Waals surface area contributed by atoms with Crippen LogP contribution in [0.15, 0.2) is 42.5 Å². The molecule has 2 rings (SSSR count). The lowest BCUT2D eigenvalue weighted by molar-refractivity contribution is -0.137. The summed E-state index contributed by atoms with van der Waals surface area (Å²) in [5.41, 5.74) is -1.50. The standard InChI is InChI=1S/C17H11ClF5NO4/c18-13-5-4-10(7-12(13)17(21,22)23)24-14(25)8-27-15(26)9-2-1-3-11(6-9)28-16(19)20/h1-7,16H,8H2,(H,24,25). The van der Waals surface area contributed by atoms with Gasteiger partial charge in [0.15, 0.2) is 6.61 Å². The third-order valence-electron chi connectivity index (χ3n) is 3.18. The first-order chi connectivity index (χ1) is 13.1. The molecule has 0 bridgehead atoms. The van der Waals surface area contributed by atoms with E-state index in [4.69, 9.17) is 16.3 Å². The Morgan fingerprint density at radius 1 is 1.11 bits per heavy atom. The zero-order chi connectivity index (χ0) is 20.9. The van der Waals surface area contributed by atoms with Crippen LogP contribution in [0.3, 0.4) is 0 Å². The van der Waals surface area contributed by atoms with E-state index in [1.807, 2.05) is 0 Å². The van der Waals surface area contributed by atoms with Gasteiger partial charge in [-0.15, -0.1) is 0 Å². The van der Waals surface area contributed by atoms with Gasteiger partial charge in [-0.2, -0.15) is 22.0 Å². The Bertz CT molecular complexity index is 873. The molecular weight excluding hydrogens is 413 g/mol. The first-order valence-electron chi connectivity index (χ1n) is 7.45. The number of halogens is 6. The van der Waals surface area contributed by atoms with Gasteiger partial charge in [0, 0.05) is 5.69 Å². The molecule has 0 heterocycles. The molecule has 2 aromatic carbocycles. The van der Waals surface area contributed by atoms with Gasteiger partial charge in [-0.1, -0.05) is 17.7 Å². The van der Waals surface area contributed by atoms with E-state index < -0.39 is 41.9 Å². The molecular formula is C17H11ClF5NO4. The number of ether oxygens (including phenoxy) is 2. The Hall–Kier alpha value is -2.88. The molecule has 0 saturated carbocycles. The number of benzene rings is 2. The van der Waals surface area contributed by atoms with Crippen molar-refractivity contribution in [1.29, 1.82) is 0 Å². The van der Waals surface area contributed by atoms with E-state index in [1.165, 1.54) is 18.2 Å². The van der Waals surface area contributed by atoms with Gasteiger partial charge < -0.3 is 14.8 Å². The quantitative estimate of drug-likeness (QED) is 0.537. The molecule has 5 nitrogen and oxygen atoms in total. The fourth-order valence-corrected chi connectivity index (χ4v) is 2.26. The summed E-state index contributed by atoms with van der Waals surface area (Å²) >= 11 is 5.47. The van der Waals surface area contributed by atoms with Crippen LogP contribution in [0.2, 0.25) is 5.02 Å². The van der Waals surface area contributed by atoms with Crippen molar-refractivity contribution < 1.29 is 41.0 Å².